The zero-order chi connectivity index (χ0) is 26.7. The molecule has 6 nitrogen and oxygen atoms in total. The molecule has 1 unspecified atom stereocenters. The number of aryl methyl sites for hydroxylation is 1. The summed E-state index contributed by atoms with van der Waals surface area (Å²) in [5.74, 6) is 5.71. The molecule has 0 aromatic heterocycles. The number of carboxylic acids is 1. The molecule has 0 saturated carbocycles. The first-order chi connectivity index (χ1) is 17.7. The van der Waals surface area contributed by atoms with Crippen LogP contribution in [0.1, 0.15) is 54.5 Å². The second kappa shape index (κ2) is 13.6. The minimum Gasteiger partial charge on any atom is -0.482 e. The Morgan fingerprint density at radius 3 is 1.97 bits per heavy atom. The van der Waals surface area contributed by atoms with Crippen LogP contribution in [0.2, 0.25) is 0 Å². The molecule has 0 fully saturated rings. The molecular weight excluding hydrogens is 486 g/mol. The molecule has 1 atom stereocenters. The van der Waals surface area contributed by atoms with E-state index in [-0.39, 0.29) is 6.54 Å². The van der Waals surface area contributed by atoms with Gasteiger partial charge < -0.3 is 9.84 Å². The summed E-state index contributed by atoms with van der Waals surface area (Å²) in [6.45, 7) is 3.58. The van der Waals surface area contributed by atoms with Crippen LogP contribution >= 0.6 is 0 Å². The minimum atomic E-state index is -3.54. The third-order valence-corrected chi connectivity index (χ3v) is 7.67. The van der Waals surface area contributed by atoms with Crippen molar-refractivity contribution < 1.29 is 23.1 Å². The number of carboxylic acid groups (broad SMARTS) is 1. The van der Waals surface area contributed by atoms with E-state index in [0.717, 1.165) is 28.7 Å². The number of unbranched alkanes of at least 4 members (excludes halogenated alkanes) is 1. The number of rotatable bonds is 12. The van der Waals surface area contributed by atoms with Gasteiger partial charge in [0, 0.05) is 17.7 Å². The first-order valence-corrected chi connectivity index (χ1v) is 13.9. The summed E-state index contributed by atoms with van der Waals surface area (Å²) in [6.07, 6.45) is 3.84. The van der Waals surface area contributed by atoms with E-state index < -0.39 is 27.8 Å². The molecule has 0 aliphatic rings. The number of aliphatic carboxylic acids is 1. The van der Waals surface area contributed by atoms with Gasteiger partial charge in [0.25, 0.3) is 0 Å². The van der Waals surface area contributed by atoms with Gasteiger partial charge >= 0.3 is 5.97 Å². The van der Waals surface area contributed by atoms with Crippen LogP contribution in [-0.2, 0) is 34.2 Å². The summed E-state index contributed by atoms with van der Waals surface area (Å²) in [6, 6.07) is 22.6. The van der Waals surface area contributed by atoms with Gasteiger partial charge in [-0.1, -0.05) is 61.6 Å². The number of ether oxygens (including phenoxy) is 1. The van der Waals surface area contributed by atoms with Crippen molar-refractivity contribution in [3.8, 4) is 17.6 Å². The van der Waals surface area contributed by atoms with Gasteiger partial charge in [-0.2, -0.15) is 0 Å². The monoisotopic (exact) mass is 519 g/mol. The van der Waals surface area contributed by atoms with Crippen LogP contribution < -0.4 is 9.46 Å². The standard InChI is InChI=1S/C30H33NO5S/c1-3-4-5-24-6-8-25(9-7-24)10-11-26-12-14-27(15-13-26)20-23(2)37(34,35)31-21-28-16-18-29(19-17-28)36-22-30(32)33/h6-9,12-19,23,31H,3-5,20-22H2,1-2H3,(H,32,33). The quantitative estimate of drug-likeness (QED) is 0.331. The van der Waals surface area contributed by atoms with Gasteiger partial charge in [0.2, 0.25) is 10.0 Å². The molecular formula is C30H33NO5S. The van der Waals surface area contributed by atoms with Crippen molar-refractivity contribution in [2.75, 3.05) is 6.61 Å². The highest BCUT2D eigenvalue weighted by atomic mass is 32.2. The van der Waals surface area contributed by atoms with Crippen molar-refractivity contribution >= 4 is 16.0 Å². The van der Waals surface area contributed by atoms with Crippen LogP contribution in [0.3, 0.4) is 0 Å². The Bertz CT molecular complexity index is 1320. The van der Waals surface area contributed by atoms with E-state index in [1.54, 1.807) is 31.2 Å². The molecule has 0 saturated heterocycles. The predicted octanol–water partition coefficient (Wildman–Crippen LogP) is 4.94. The topological polar surface area (TPSA) is 92.7 Å². The lowest BCUT2D eigenvalue weighted by Gasteiger charge is -2.14. The molecule has 0 bridgehead atoms. The van der Waals surface area contributed by atoms with Crippen molar-refractivity contribution in [1.29, 1.82) is 0 Å². The van der Waals surface area contributed by atoms with Gasteiger partial charge in [-0.25, -0.2) is 17.9 Å². The maximum absolute atomic E-state index is 12.7. The average Bonchev–Trinajstić information content (AvgIpc) is 2.90. The van der Waals surface area contributed by atoms with E-state index in [9.17, 15) is 13.2 Å². The molecule has 3 aromatic carbocycles. The molecule has 0 heterocycles. The zero-order valence-corrected chi connectivity index (χ0v) is 22.1. The Kier molecular flexibility index (Phi) is 10.3. The van der Waals surface area contributed by atoms with Crippen molar-refractivity contribution in [3.05, 3.63) is 101 Å². The van der Waals surface area contributed by atoms with Crippen molar-refractivity contribution in [1.82, 2.24) is 4.72 Å². The number of sulfonamides is 1. The molecule has 3 rings (SSSR count). The largest absolute Gasteiger partial charge is 0.482 e. The third-order valence-electron chi connectivity index (χ3n) is 5.89. The van der Waals surface area contributed by atoms with Gasteiger partial charge in [-0.3, -0.25) is 0 Å². The molecule has 0 spiro atoms. The third kappa shape index (κ3) is 9.41. The number of carbonyl (C=O) groups is 1. The molecule has 2 N–H and O–H groups in total. The Balaban J connectivity index is 1.51. The van der Waals surface area contributed by atoms with Crippen molar-refractivity contribution in [3.63, 3.8) is 0 Å². The highest BCUT2D eigenvalue weighted by Gasteiger charge is 2.20. The molecule has 7 heteroatoms. The molecule has 0 aliphatic heterocycles. The zero-order valence-electron chi connectivity index (χ0n) is 21.2. The van der Waals surface area contributed by atoms with Gasteiger partial charge in [-0.15, -0.1) is 0 Å². The van der Waals surface area contributed by atoms with Crippen LogP contribution in [0.5, 0.6) is 5.75 Å². The first kappa shape index (κ1) is 28.0. The second-order valence-corrected chi connectivity index (χ2v) is 11.1. The molecule has 0 aliphatic carbocycles. The highest BCUT2D eigenvalue weighted by Crippen LogP contribution is 2.14. The van der Waals surface area contributed by atoms with Gasteiger partial charge in [0.1, 0.15) is 5.75 Å². The van der Waals surface area contributed by atoms with E-state index in [4.69, 9.17) is 9.84 Å². The van der Waals surface area contributed by atoms with Crippen LogP contribution in [0.15, 0.2) is 72.8 Å². The number of hydrogen-bond acceptors (Lipinski definition) is 4. The summed E-state index contributed by atoms with van der Waals surface area (Å²) in [5.41, 5.74) is 4.84. The molecule has 0 amide bonds. The maximum atomic E-state index is 12.7. The summed E-state index contributed by atoms with van der Waals surface area (Å²) < 4.78 is 33.2. The molecule has 194 valence electrons. The Labute approximate surface area is 219 Å². The van der Waals surface area contributed by atoms with Crippen LogP contribution in [0.25, 0.3) is 0 Å². The Hall–Kier alpha value is -3.60. The average molecular weight is 520 g/mol. The highest BCUT2D eigenvalue weighted by molar-refractivity contribution is 7.90. The summed E-state index contributed by atoms with van der Waals surface area (Å²) in [7, 11) is -3.54. The molecule has 37 heavy (non-hydrogen) atoms. The van der Waals surface area contributed by atoms with E-state index in [0.29, 0.717) is 12.2 Å². The smallest absolute Gasteiger partial charge is 0.341 e. The number of nitrogens with one attached hydrogen (secondary N) is 1. The summed E-state index contributed by atoms with van der Waals surface area (Å²) >= 11 is 0. The Morgan fingerprint density at radius 2 is 1.43 bits per heavy atom. The van der Waals surface area contributed by atoms with E-state index in [2.05, 4.69) is 35.6 Å². The van der Waals surface area contributed by atoms with Gasteiger partial charge in [0.05, 0.1) is 5.25 Å². The van der Waals surface area contributed by atoms with E-state index in [1.165, 1.54) is 18.4 Å². The summed E-state index contributed by atoms with van der Waals surface area (Å²) in [4.78, 5) is 10.6. The van der Waals surface area contributed by atoms with Crippen LogP contribution in [0.4, 0.5) is 0 Å². The van der Waals surface area contributed by atoms with Crippen molar-refractivity contribution in [2.45, 2.75) is 51.3 Å². The normalized spacial score (nSPS) is 11.8. The van der Waals surface area contributed by atoms with Crippen molar-refractivity contribution in [2.24, 2.45) is 0 Å². The fraction of sp³-hybridized carbons (Fsp3) is 0.300. The summed E-state index contributed by atoms with van der Waals surface area (Å²) in [5, 5.41) is 8.04. The van der Waals surface area contributed by atoms with E-state index in [1.807, 2.05) is 36.4 Å². The van der Waals surface area contributed by atoms with Gasteiger partial charge in [-0.05, 0) is 79.3 Å². The fourth-order valence-corrected chi connectivity index (χ4v) is 4.68. The van der Waals surface area contributed by atoms with Crippen LogP contribution in [-0.4, -0.2) is 31.4 Å². The lowest BCUT2D eigenvalue weighted by molar-refractivity contribution is -0.139. The Morgan fingerprint density at radius 1 is 0.892 bits per heavy atom. The first-order valence-electron chi connectivity index (χ1n) is 12.4. The lowest BCUT2D eigenvalue weighted by Crippen LogP contribution is -2.33. The number of benzene rings is 3. The molecule has 0 radical (unpaired) electrons. The lowest BCUT2D eigenvalue weighted by atomic mass is 10.1. The minimum absolute atomic E-state index is 0.139. The van der Waals surface area contributed by atoms with Crippen LogP contribution in [0, 0.1) is 11.8 Å². The van der Waals surface area contributed by atoms with E-state index >= 15 is 0 Å². The van der Waals surface area contributed by atoms with Gasteiger partial charge in [0.15, 0.2) is 6.61 Å². The predicted molar refractivity (Wildman–Crippen MR) is 146 cm³/mol. The SMILES string of the molecule is CCCCc1ccc(C#Cc2ccc(CC(C)S(=O)(=O)NCc3ccc(OCC(=O)O)cc3)cc2)cc1. The number of hydrogen-bond donors (Lipinski definition) is 2. The fourth-order valence-electron chi connectivity index (χ4n) is 3.62. The second-order valence-electron chi connectivity index (χ2n) is 8.95. The molecule has 3 aromatic rings. The maximum Gasteiger partial charge on any atom is 0.341 e.